The highest BCUT2D eigenvalue weighted by Gasteiger charge is 2.31. The normalized spacial score (nSPS) is 25.3. The minimum atomic E-state index is 0.555. The molecule has 0 aliphatic heterocycles. The average Bonchev–Trinajstić information content (AvgIpc) is 2.69. The van der Waals surface area contributed by atoms with E-state index in [4.69, 9.17) is 9.15 Å². The van der Waals surface area contributed by atoms with Crippen LogP contribution >= 0.6 is 0 Å². The topological polar surface area (TPSA) is 34.4 Å². The van der Waals surface area contributed by atoms with E-state index in [9.17, 15) is 0 Å². The second-order valence-corrected chi connectivity index (χ2v) is 4.00. The van der Waals surface area contributed by atoms with Crippen LogP contribution in [-0.2, 0) is 17.9 Å². The third-order valence-electron chi connectivity index (χ3n) is 2.65. The first-order chi connectivity index (χ1) is 6.79. The summed E-state index contributed by atoms with van der Waals surface area (Å²) in [5, 5.41) is 3.44. The number of furan rings is 1. The molecule has 0 amide bonds. The van der Waals surface area contributed by atoms with Crippen molar-refractivity contribution in [3.05, 3.63) is 23.7 Å². The van der Waals surface area contributed by atoms with E-state index in [2.05, 4.69) is 12.2 Å². The Morgan fingerprint density at radius 1 is 1.50 bits per heavy atom. The van der Waals surface area contributed by atoms with Crippen LogP contribution in [0.3, 0.4) is 0 Å². The van der Waals surface area contributed by atoms with Crippen LogP contribution < -0.4 is 5.32 Å². The molecule has 0 bridgehead atoms. The van der Waals surface area contributed by atoms with Crippen LogP contribution in [0.15, 0.2) is 16.5 Å². The minimum absolute atomic E-state index is 0.555. The van der Waals surface area contributed by atoms with Crippen molar-refractivity contribution in [2.24, 2.45) is 5.92 Å². The van der Waals surface area contributed by atoms with E-state index in [-0.39, 0.29) is 0 Å². The van der Waals surface area contributed by atoms with Gasteiger partial charge in [0.1, 0.15) is 18.1 Å². The van der Waals surface area contributed by atoms with E-state index in [1.807, 2.05) is 12.1 Å². The van der Waals surface area contributed by atoms with Crippen molar-refractivity contribution >= 4 is 0 Å². The van der Waals surface area contributed by atoms with Gasteiger partial charge in [-0.1, -0.05) is 6.92 Å². The minimum Gasteiger partial charge on any atom is -0.462 e. The Bertz CT molecular complexity index is 295. The predicted octanol–water partition coefficient (Wildman–Crippen LogP) is 1.92. The van der Waals surface area contributed by atoms with Crippen molar-refractivity contribution < 1.29 is 9.15 Å². The number of ether oxygens (including phenoxy) is 1. The van der Waals surface area contributed by atoms with Gasteiger partial charge < -0.3 is 14.5 Å². The van der Waals surface area contributed by atoms with Crippen LogP contribution in [0.25, 0.3) is 0 Å². The van der Waals surface area contributed by atoms with Gasteiger partial charge in [-0.05, 0) is 24.5 Å². The fourth-order valence-electron chi connectivity index (χ4n) is 1.58. The maximum absolute atomic E-state index is 5.55. The standard InChI is InChI=1S/C11H17NO2/c1-8-5-11(8)12-6-9-3-4-10(14-9)7-13-2/h3-4,8,11-12H,5-7H2,1-2H3. The Labute approximate surface area is 84.4 Å². The molecule has 2 rings (SSSR count). The highest BCUT2D eigenvalue weighted by atomic mass is 16.5. The van der Waals surface area contributed by atoms with Crippen LogP contribution in [0.1, 0.15) is 24.9 Å². The second kappa shape index (κ2) is 4.15. The molecule has 1 aliphatic rings. The molecule has 78 valence electrons. The predicted molar refractivity (Wildman–Crippen MR) is 53.8 cm³/mol. The summed E-state index contributed by atoms with van der Waals surface area (Å²) in [7, 11) is 1.67. The highest BCUT2D eigenvalue weighted by molar-refractivity contribution is 5.07. The van der Waals surface area contributed by atoms with E-state index in [1.54, 1.807) is 7.11 Å². The van der Waals surface area contributed by atoms with Crippen LogP contribution in [0.2, 0.25) is 0 Å². The zero-order valence-corrected chi connectivity index (χ0v) is 8.75. The zero-order chi connectivity index (χ0) is 9.97. The lowest BCUT2D eigenvalue weighted by Crippen LogP contribution is -2.16. The molecule has 0 radical (unpaired) electrons. The molecule has 0 saturated heterocycles. The summed E-state index contributed by atoms with van der Waals surface area (Å²) in [6.45, 7) is 3.65. The summed E-state index contributed by atoms with van der Waals surface area (Å²) < 4.78 is 10.5. The van der Waals surface area contributed by atoms with Crippen LogP contribution in [0.5, 0.6) is 0 Å². The van der Waals surface area contributed by atoms with Crippen LogP contribution in [0.4, 0.5) is 0 Å². The van der Waals surface area contributed by atoms with Gasteiger partial charge in [-0.3, -0.25) is 0 Å². The smallest absolute Gasteiger partial charge is 0.129 e. The van der Waals surface area contributed by atoms with Gasteiger partial charge in [-0.2, -0.15) is 0 Å². The molecule has 1 fully saturated rings. The number of nitrogens with one attached hydrogen (secondary N) is 1. The lowest BCUT2D eigenvalue weighted by atomic mass is 10.4. The first kappa shape index (κ1) is 9.74. The highest BCUT2D eigenvalue weighted by Crippen LogP contribution is 2.29. The Morgan fingerprint density at radius 3 is 2.86 bits per heavy atom. The van der Waals surface area contributed by atoms with Gasteiger partial charge >= 0.3 is 0 Å². The van der Waals surface area contributed by atoms with Gasteiger partial charge in [0.15, 0.2) is 0 Å². The molecule has 1 heterocycles. The first-order valence-electron chi connectivity index (χ1n) is 5.09. The number of hydrogen-bond acceptors (Lipinski definition) is 3. The van der Waals surface area contributed by atoms with Gasteiger partial charge in [0.2, 0.25) is 0 Å². The van der Waals surface area contributed by atoms with Gasteiger partial charge in [0, 0.05) is 13.2 Å². The van der Waals surface area contributed by atoms with E-state index in [0.717, 1.165) is 24.0 Å². The summed E-state index contributed by atoms with van der Waals surface area (Å²) in [5.74, 6) is 2.73. The SMILES string of the molecule is COCc1ccc(CNC2CC2C)o1. The van der Waals surface area contributed by atoms with E-state index in [1.165, 1.54) is 6.42 Å². The van der Waals surface area contributed by atoms with Crippen LogP contribution in [-0.4, -0.2) is 13.2 Å². The summed E-state index contributed by atoms with van der Waals surface area (Å²) in [6, 6.07) is 4.68. The molecular formula is C11H17NO2. The first-order valence-corrected chi connectivity index (χ1v) is 5.09. The molecule has 3 heteroatoms. The van der Waals surface area contributed by atoms with Crippen molar-refractivity contribution in [1.29, 1.82) is 0 Å². The Morgan fingerprint density at radius 2 is 2.21 bits per heavy atom. The summed E-state index contributed by atoms with van der Waals surface area (Å²) in [5.41, 5.74) is 0. The fourth-order valence-corrected chi connectivity index (χ4v) is 1.58. The molecule has 1 aromatic heterocycles. The fraction of sp³-hybridized carbons (Fsp3) is 0.636. The van der Waals surface area contributed by atoms with Crippen LogP contribution in [0, 0.1) is 5.92 Å². The molecule has 0 spiro atoms. The Balaban J connectivity index is 1.78. The van der Waals surface area contributed by atoms with Gasteiger partial charge in [0.05, 0.1) is 6.54 Å². The van der Waals surface area contributed by atoms with Crippen molar-refractivity contribution in [3.8, 4) is 0 Å². The van der Waals surface area contributed by atoms with Crippen molar-refractivity contribution in [3.63, 3.8) is 0 Å². The molecule has 14 heavy (non-hydrogen) atoms. The summed E-state index contributed by atoms with van der Waals surface area (Å²) >= 11 is 0. The third-order valence-corrected chi connectivity index (χ3v) is 2.65. The van der Waals surface area contributed by atoms with Crippen molar-refractivity contribution in [2.75, 3.05) is 7.11 Å². The molecule has 0 aromatic carbocycles. The summed E-state index contributed by atoms with van der Waals surface area (Å²) in [4.78, 5) is 0. The van der Waals surface area contributed by atoms with Crippen molar-refractivity contribution in [1.82, 2.24) is 5.32 Å². The average molecular weight is 195 g/mol. The quantitative estimate of drug-likeness (QED) is 0.779. The molecule has 3 nitrogen and oxygen atoms in total. The zero-order valence-electron chi connectivity index (χ0n) is 8.75. The maximum atomic E-state index is 5.55. The number of rotatable bonds is 5. The molecule has 2 unspecified atom stereocenters. The third kappa shape index (κ3) is 2.36. The molecule has 1 N–H and O–H groups in total. The molecule has 1 aromatic rings. The monoisotopic (exact) mass is 195 g/mol. The Hall–Kier alpha value is -0.800. The van der Waals surface area contributed by atoms with E-state index >= 15 is 0 Å². The molecule has 1 aliphatic carbocycles. The lowest BCUT2D eigenvalue weighted by Gasteiger charge is -1.99. The van der Waals surface area contributed by atoms with Gasteiger partial charge in [0.25, 0.3) is 0 Å². The Kier molecular flexibility index (Phi) is 2.89. The van der Waals surface area contributed by atoms with E-state index in [0.29, 0.717) is 12.6 Å². The molecule has 1 saturated carbocycles. The second-order valence-electron chi connectivity index (χ2n) is 4.00. The molecular weight excluding hydrogens is 178 g/mol. The van der Waals surface area contributed by atoms with Crippen molar-refractivity contribution in [2.45, 2.75) is 32.5 Å². The number of hydrogen-bond donors (Lipinski definition) is 1. The van der Waals surface area contributed by atoms with E-state index < -0.39 is 0 Å². The molecule has 2 atom stereocenters. The number of methoxy groups -OCH3 is 1. The maximum Gasteiger partial charge on any atom is 0.129 e. The largest absolute Gasteiger partial charge is 0.462 e. The van der Waals surface area contributed by atoms with Gasteiger partial charge in [-0.15, -0.1) is 0 Å². The lowest BCUT2D eigenvalue weighted by molar-refractivity contribution is 0.162. The summed E-state index contributed by atoms with van der Waals surface area (Å²) in [6.07, 6.45) is 1.30. The van der Waals surface area contributed by atoms with Gasteiger partial charge in [-0.25, -0.2) is 0 Å².